The zero-order valence-electron chi connectivity index (χ0n) is 10.9. The van der Waals surface area contributed by atoms with E-state index in [-0.39, 0.29) is 0 Å². The van der Waals surface area contributed by atoms with E-state index in [0.29, 0.717) is 21.6 Å². The van der Waals surface area contributed by atoms with E-state index in [1.807, 2.05) is 30.3 Å². The molecule has 21 heavy (non-hydrogen) atoms. The first-order valence-corrected chi connectivity index (χ1v) is 7.15. The first kappa shape index (κ1) is 12.2. The van der Waals surface area contributed by atoms with Crippen LogP contribution in [0.2, 0.25) is 0 Å². The Kier molecular flexibility index (Phi) is 2.75. The van der Waals surface area contributed by atoms with Gasteiger partial charge in [-0.05, 0) is 18.2 Å². The van der Waals surface area contributed by atoms with Crippen molar-refractivity contribution in [1.82, 2.24) is 15.0 Å². The highest BCUT2D eigenvalue weighted by atomic mass is 32.2. The van der Waals surface area contributed by atoms with Crippen LogP contribution >= 0.6 is 11.8 Å². The van der Waals surface area contributed by atoms with Crippen LogP contribution in [0.3, 0.4) is 0 Å². The molecule has 0 saturated heterocycles. The number of hydrogen-bond acceptors (Lipinski definition) is 6. The number of benzene rings is 2. The van der Waals surface area contributed by atoms with E-state index in [4.69, 9.17) is 10.2 Å². The Morgan fingerprint density at radius 3 is 2.86 bits per heavy atom. The number of oxazole rings is 1. The lowest BCUT2D eigenvalue weighted by Crippen LogP contribution is -1.87. The average Bonchev–Trinajstić information content (AvgIpc) is 2.88. The Bertz CT molecular complexity index is 951. The summed E-state index contributed by atoms with van der Waals surface area (Å²) in [4.78, 5) is 13.2. The van der Waals surface area contributed by atoms with Crippen LogP contribution in [-0.4, -0.2) is 15.0 Å². The number of aromatic nitrogens is 3. The number of nitrogens with two attached hydrogens (primary N) is 1. The van der Waals surface area contributed by atoms with Crippen molar-refractivity contribution in [3.63, 3.8) is 0 Å². The fourth-order valence-corrected chi connectivity index (χ4v) is 2.73. The predicted octanol–water partition coefficient (Wildman–Crippen LogP) is 3.50. The van der Waals surface area contributed by atoms with E-state index >= 15 is 0 Å². The van der Waals surface area contributed by atoms with Crippen molar-refractivity contribution in [2.75, 3.05) is 5.73 Å². The van der Waals surface area contributed by atoms with Gasteiger partial charge >= 0.3 is 0 Å². The summed E-state index contributed by atoms with van der Waals surface area (Å²) in [5.41, 5.74) is 8.71. The molecule has 0 aliphatic carbocycles. The molecule has 102 valence electrons. The zero-order chi connectivity index (χ0) is 14.2. The van der Waals surface area contributed by atoms with Crippen molar-refractivity contribution in [3.8, 4) is 0 Å². The summed E-state index contributed by atoms with van der Waals surface area (Å²) >= 11 is 1.29. The molecule has 0 atom stereocenters. The Hall–Kier alpha value is -2.60. The quantitative estimate of drug-likeness (QED) is 0.450. The normalized spacial score (nSPS) is 11.2. The first-order valence-electron chi connectivity index (χ1n) is 6.34. The Balaban J connectivity index is 1.71. The van der Waals surface area contributed by atoms with Gasteiger partial charge in [-0.2, -0.15) is 0 Å². The topological polar surface area (TPSA) is 77.8 Å². The van der Waals surface area contributed by atoms with Gasteiger partial charge in [-0.3, -0.25) is 0 Å². The molecule has 6 heteroatoms. The maximum Gasteiger partial charge on any atom is 0.264 e. The molecule has 0 aliphatic heterocycles. The zero-order valence-corrected chi connectivity index (χ0v) is 11.7. The molecular weight excluding hydrogens is 284 g/mol. The van der Waals surface area contributed by atoms with Gasteiger partial charge in [0.2, 0.25) is 0 Å². The molecular formula is C15H10N4OS. The van der Waals surface area contributed by atoms with Crippen molar-refractivity contribution < 1.29 is 4.42 Å². The largest absolute Gasteiger partial charge is 0.431 e. The smallest absolute Gasteiger partial charge is 0.264 e. The highest BCUT2D eigenvalue weighted by Crippen LogP contribution is 2.29. The first-order chi connectivity index (χ1) is 10.3. The molecule has 0 amide bonds. The van der Waals surface area contributed by atoms with Crippen molar-refractivity contribution in [3.05, 3.63) is 48.7 Å². The molecule has 4 aromatic rings. The van der Waals surface area contributed by atoms with E-state index in [1.54, 1.807) is 18.3 Å². The minimum Gasteiger partial charge on any atom is -0.431 e. The van der Waals surface area contributed by atoms with Gasteiger partial charge in [-0.25, -0.2) is 15.0 Å². The monoisotopic (exact) mass is 294 g/mol. The van der Waals surface area contributed by atoms with Crippen LogP contribution in [0.5, 0.6) is 0 Å². The van der Waals surface area contributed by atoms with Gasteiger partial charge in [0.15, 0.2) is 10.7 Å². The van der Waals surface area contributed by atoms with Crippen LogP contribution < -0.4 is 5.73 Å². The third kappa shape index (κ3) is 2.30. The van der Waals surface area contributed by atoms with E-state index in [2.05, 4.69) is 15.0 Å². The van der Waals surface area contributed by atoms with Gasteiger partial charge in [-0.1, -0.05) is 18.2 Å². The van der Waals surface area contributed by atoms with Crippen LogP contribution in [0.15, 0.2) is 63.5 Å². The third-order valence-electron chi connectivity index (χ3n) is 3.04. The highest BCUT2D eigenvalue weighted by Gasteiger charge is 2.10. The Morgan fingerprint density at radius 1 is 1.00 bits per heavy atom. The van der Waals surface area contributed by atoms with E-state index in [9.17, 15) is 0 Å². The fourth-order valence-electron chi connectivity index (χ4n) is 2.05. The minimum absolute atomic E-state index is 0.505. The molecule has 0 fully saturated rings. The van der Waals surface area contributed by atoms with E-state index < -0.39 is 0 Å². The summed E-state index contributed by atoms with van der Waals surface area (Å²) in [6.45, 7) is 0. The Morgan fingerprint density at radius 2 is 1.90 bits per heavy atom. The van der Waals surface area contributed by atoms with Gasteiger partial charge in [0.05, 0.1) is 5.52 Å². The maximum atomic E-state index is 5.73. The lowest BCUT2D eigenvalue weighted by Gasteiger charge is -1.98. The maximum absolute atomic E-state index is 5.73. The molecule has 2 aromatic carbocycles. The second-order valence-corrected chi connectivity index (χ2v) is 5.44. The van der Waals surface area contributed by atoms with E-state index in [0.717, 1.165) is 16.4 Å². The Labute approximate surface area is 124 Å². The average molecular weight is 294 g/mol. The van der Waals surface area contributed by atoms with Crippen LogP contribution in [0, 0.1) is 0 Å². The lowest BCUT2D eigenvalue weighted by molar-refractivity contribution is 0.489. The van der Waals surface area contributed by atoms with E-state index in [1.165, 1.54) is 11.8 Å². The van der Waals surface area contributed by atoms with Gasteiger partial charge in [0, 0.05) is 35.1 Å². The van der Waals surface area contributed by atoms with Crippen LogP contribution in [0.25, 0.3) is 22.0 Å². The molecule has 0 unspecified atom stereocenters. The number of nitrogens with zero attached hydrogens (tertiary/aromatic N) is 3. The molecule has 0 saturated carbocycles. The number of nitrogen functional groups attached to an aromatic ring is 1. The SMILES string of the molecule is Nc1ccc2nc(Sc3ncc4ccccc4n3)oc2c1. The summed E-state index contributed by atoms with van der Waals surface area (Å²) in [5, 5.41) is 2.12. The van der Waals surface area contributed by atoms with Crippen LogP contribution in [0.4, 0.5) is 5.69 Å². The molecule has 0 aliphatic rings. The number of hydrogen-bond donors (Lipinski definition) is 1. The highest BCUT2D eigenvalue weighted by molar-refractivity contribution is 7.98. The van der Waals surface area contributed by atoms with Crippen molar-refractivity contribution in [2.45, 2.75) is 10.4 Å². The molecule has 0 radical (unpaired) electrons. The second-order valence-electron chi connectivity index (χ2n) is 4.52. The third-order valence-corrected chi connectivity index (χ3v) is 3.77. The second kappa shape index (κ2) is 4.75. The van der Waals surface area contributed by atoms with Crippen LogP contribution in [-0.2, 0) is 0 Å². The number of fused-ring (bicyclic) bond motifs is 2. The standard InChI is InChI=1S/C15H10N4OS/c16-10-5-6-12-13(7-10)20-15(19-12)21-14-17-8-9-3-1-2-4-11(9)18-14/h1-8H,16H2. The molecule has 0 bridgehead atoms. The number of anilines is 1. The molecule has 4 rings (SSSR count). The van der Waals surface area contributed by atoms with Gasteiger partial charge < -0.3 is 10.2 Å². The lowest BCUT2D eigenvalue weighted by atomic mass is 10.2. The number of para-hydroxylation sites is 1. The summed E-state index contributed by atoms with van der Waals surface area (Å²) < 4.78 is 5.66. The molecule has 0 spiro atoms. The van der Waals surface area contributed by atoms with Crippen molar-refractivity contribution in [2.24, 2.45) is 0 Å². The summed E-state index contributed by atoms with van der Waals surface area (Å²) in [6.07, 6.45) is 1.80. The van der Waals surface area contributed by atoms with Crippen molar-refractivity contribution in [1.29, 1.82) is 0 Å². The van der Waals surface area contributed by atoms with Gasteiger partial charge in [0.1, 0.15) is 5.52 Å². The van der Waals surface area contributed by atoms with Gasteiger partial charge in [-0.15, -0.1) is 0 Å². The molecule has 5 nitrogen and oxygen atoms in total. The number of rotatable bonds is 2. The summed E-state index contributed by atoms with van der Waals surface area (Å²) in [7, 11) is 0. The summed E-state index contributed by atoms with van der Waals surface area (Å²) in [6, 6.07) is 13.2. The van der Waals surface area contributed by atoms with Crippen molar-refractivity contribution >= 4 is 39.5 Å². The molecule has 2 N–H and O–H groups in total. The van der Waals surface area contributed by atoms with Gasteiger partial charge in [0.25, 0.3) is 5.22 Å². The molecule has 2 heterocycles. The molecule has 2 aromatic heterocycles. The predicted molar refractivity (Wildman–Crippen MR) is 82.1 cm³/mol. The summed E-state index contributed by atoms with van der Waals surface area (Å²) in [5.74, 6) is 0. The van der Waals surface area contributed by atoms with Crippen LogP contribution in [0.1, 0.15) is 0 Å². The fraction of sp³-hybridized carbons (Fsp3) is 0. The minimum atomic E-state index is 0.505.